The predicted molar refractivity (Wildman–Crippen MR) is 126 cm³/mol. The van der Waals surface area contributed by atoms with Crippen molar-refractivity contribution in [2.45, 2.75) is 26.5 Å². The molecule has 2 amide bonds. The van der Waals surface area contributed by atoms with Gasteiger partial charge in [0.15, 0.2) is 0 Å². The van der Waals surface area contributed by atoms with Crippen molar-refractivity contribution in [1.29, 1.82) is 0 Å². The molecule has 1 N–H and O–H groups in total. The number of aliphatic hydroxyl groups excluding tert-OH is 1. The van der Waals surface area contributed by atoms with Crippen LogP contribution in [0.3, 0.4) is 0 Å². The zero-order chi connectivity index (χ0) is 23.4. The number of nitrogens with zero attached hydrogens (tertiary/aromatic N) is 3. The van der Waals surface area contributed by atoms with Gasteiger partial charge in [-0.25, -0.2) is 0 Å². The van der Waals surface area contributed by atoms with Gasteiger partial charge in [-0.3, -0.25) is 19.4 Å². The van der Waals surface area contributed by atoms with E-state index in [4.69, 9.17) is 4.74 Å². The Hall–Kier alpha value is -3.16. The van der Waals surface area contributed by atoms with E-state index in [1.54, 1.807) is 0 Å². The van der Waals surface area contributed by atoms with E-state index in [9.17, 15) is 14.7 Å². The van der Waals surface area contributed by atoms with Gasteiger partial charge in [0.2, 0.25) is 0 Å². The number of amides is 2. The third-order valence-corrected chi connectivity index (χ3v) is 5.95. The fourth-order valence-corrected chi connectivity index (χ4v) is 4.34. The summed E-state index contributed by atoms with van der Waals surface area (Å²) in [5.74, 6) is 0.206. The van der Waals surface area contributed by atoms with E-state index < -0.39 is 0 Å². The van der Waals surface area contributed by atoms with Crippen molar-refractivity contribution in [3.05, 3.63) is 71.4 Å². The van der Waals surface area contributed by atoms with Gasteiger partial charge in [0.1, 0.15) is 11.4 Å². The number of aliphatic hydroxyl groups is 1. The van der Waals surface area contributed by atoms with Crippen molar-refractivity contribution in [1.82, 2.24) is 14.7 Å². The van der Waals surface area contributed by atoms with Crippen LogP contribution in [0.5, 0.6) is 5.75 Å². The second-order valence-corrected chi connectivity index (χ2v) is 8.65. The topological polar surface area (TPSA) is 73.3 Å². The molecule has 0 aliphatic carbocycles. The molecule has 2 aromatic rings. The quantitative estimate of drug-likeness (QED) is 0.624. The maximum absolute atomic E-state index is 13.6. The summed E-state index contributed by atoms with van der Waals surface area (Å²) < 4.78 is 5.74. The summed E-state index contributed by atoms with van der Waals surface area (Å²) >= 11 is 0. The third kappa shape index (κ3) is 5.10. The van der Waals surface area contributed by atoms with Gasteiger partial charge in [0.05, 0.1) is 24.8 Å². The average Bonchev–Trinajstić information content (AvgIpc) is 3.05. The molecule has 0 saturated carbocycles. The Labute approximate surface area is 194 Å². The molecule has 2 aliphatic rings. The number of ether oxygens (including phenoxy) is 1. The minimum Gasteiger partial charge on any atom is -0.491 e. The number of carbonyl (C=O) groups is 2. The number of benzene rings is 2. The van der Waals surface area contributed by atoms with Crippen molar-refractivity contribution in [3.8, 4) is 5.75 Å². The summed E-state index contributed by atoms with van der Waals surface area (Å²) in [6, 6.07) is 17.0. The molecule has 0 atom stereocenters. The molecule has 33 heavy (non-hydrogen) atoms. The molecule has 0 aromatic heterocycles. The molecule has 7 nitrogen and oxygen atoms in total. The molecule has 0 bridgehead atoms. The Morgan fingerprint density at radius 1 is 0.909 bits per heavy atom. The number of rotatable bonds is 8. The van der Waals surface area contributed by atoms with Crippen molar-refractivity contribution in [2.75, 3.05) is 39.3 Å². The fraction of sp³-hybridized carbons (Fsp3) is 0.385. The van der Waals surface area contributed by atoms with Crippen LogP contribution in [0.1, 0.15) is 25.0 Å². The van der Waals surface area contributed by atoms with Gasteiger partial charge < -0.3 is 14.7 Å². The Balaban J connectivity index is 1.65. The number of piperazine rings is 1. The van der Waals surface area contributed by atoms with Gasteiger partial charge >= 0.3 is 0 Å². The maximum Gasteiger partial charge on any atom is 0.278 e. The van der Waals surface area contributed by atoms with Crippen LogP contribution in [-0.4, -0.2) is 77.1 Å². The van der Waals surface area contributed by atoms with Crippen LogP contribution in [0.15, 0.2) is 60.3 Å². The highest BCUT2D eigenvalue weighted by Crippen LogP contribution is 2.34. The number of carbonyl (C=O) groups excluding carboxylic acids is 2. The molecule has 0 spiro atoms. The molecule has 2 aromatic carbocycles. The van der Waals surface area contributed by atoms with Gasteiger partial charge in [-0.15, -0.1) is 0 Å². The summed E-state index contributed by atoms with van der Waals surface area (Å²) in [6.45, 7) is 7.63. The Morgan fingerprint density at radius 3 is 2.18 bits per heavy atom. The predicted octanol–water partition coefficient (Wildman–Crippen LogP) is 2.36. The summed E-state index contributed by atoms with van der Waals surface area (Å²) in [5, 5.41) is 9.24. The molecule has 2 heterocycles. The number of imide groups is 1. The van der Waals surface area contributed by atoms with Crippen LogP contribution in [-0.2, 0) is 16.1 Å². The molecule has 2 aliphatic heterocycles. The number of hydrogen-bond donors (Lipinski definition) is 1. The monoisotopic (exact) mass is 449 g/mol. The van der Waals surface area contributed by atoms with Gasteiger partial charge in [0, 0.05) is 32.7 Å². The molecule has 174 valence electrons. The van der Waals surface area contributed by atoms with E-state index in [1.807, 2.05) is 73.3 Å². The first-order chi connectivity index (χ1) is 16.0. The Morgan fingerprint density at radius 2 is 1.58 bits per heavy atom. The Bertz CT molecular complexity index is 1010. The molecule has 0 unspecified atom stereocenters. The highest BCUT2D eigenvalue weighted by molar-refractivity contribution is 6.35. The van der Waals surface area contributed by atoms with Gasteiger partial charge in [-0.05, 0) is 37.1 Å². The molecule has 1 fully saturated rings. The summed E-state index contributed by atoms with van der Waals surface area (Å²) in [5.41, 5.74) is 2.54. The maximum atomic E-state index is 13.6. The molecule has 7 heteroatoms. The molecule has 1 saturated heterocycles. The Kier molecular flexibility index (Phi) is 7.11. The van der Waals surface area contributed by atoms with Crippen LogP contribution in [0.2, 0.25) is 0 Å². The van der Waals surface area contributed by atoms with E-state index in [0.717, 1.165) is 24.4 Å². The number of hydrogen-bond acceptors (Lipinski definition) is 6. The van der Waals surface area contributed by atoms with E-state index in [-0.39, 0.29) is 31.1 Å². The first kappa shape index (κ1) is 23.0. The molecule has 0 radical (unpaired) electrons. The highest BCUT2D eigenvalue weighted by atomic mass is 16.5. The van der Waals surface area contributed by atoms with Gasteiger partial charge in [0.25, 0.3) is 11.8 Å². The summed E-state index contributed by atoms with van der Waals surface area (Å²) in [7, 11) is 0. The fourth-order valence-electron chi connectivity index (χ4n) is 4.34. The van der Waals surface area contributed by atoms with Crippen LogP contribution >= 0.6 is 0 Å². The first-order valence-electron chi connectivity index (χ1n) is 11.5. The average molecular weight is 450 g/mol. The minimum absolute atomic E-state index is 0.0527. The van der Waals surface area contributed by atoms with Gasteiger partial charge in [-0.1, -0.05) is 42.5 Å². The van der Waals surface area contributed by atoms with E-state index in [0.29, 0.717) is 36.5 Å². The first-order valence-corrected chi connectivity index (χ1v) is 11.5. The standard InChI is InChI=1S/C26H31N3O4/c1-19(2)33-22-10-8-21(9-11-22)23-24(28-14-12-27(13-15-28)16-17-30)26(32)29(25(23)31)18-20-6-4-3-5-7-20/h3-11,19,30H,12-18H2,1-2H3. The van der Waals surface area contributed by atoms with E-state index in [1.165, 1.54) is 4.90 Å². The zero-order valence-electron chi connectivity index (χ0n) is 19.2. The largest absolute Gasteiger partial charge is 0.491 e. The lowest BCUT2D eigenvalue weighted by atomic mass is 10.0. The lowest BCUT2D eigenvalue weighted by molar-refractivity contribution is -0.138. The highest BCUT2D eigenvalue weighted by Gasteiger charge is 2.42. The SMILES string of the molecule is CC(C)Oc1ccc(C2=C(N3CCN(CCO)CC3)C(=O)N(Cc3ccccc3)C2=O)cc1. The van der Waals surface area contributed by atoms with Crippen LogP contribution < -0.4 is 4.74 Å². The number of β-amino-alcohol motifs (C(OH)–C–C–N with tert-alkyl or cyclic N) is 1. The lowest BCUT2D eigenvalue weighted by Gasteiger charge is -2.36. The van der Waals surface area contributed by atoms with Crippen molar-refractivity contribution >= 4 is 17.4 Å². The van der Waals surface area contributed by atoms with Crippen molar-refractivity contribution in [2.24, 2.45) is 0 Å². The second kappa shape index (κ2) is 10.2. The lowest BCUT2D eigenvalue weighted by Crippen LogP contribution is -2.48. The minimum atomic E-state index is -0.269. The van der Waals surface area contributed by atoms with Gasteiger partial charge in [-0.2, -0.15) is 0 Å². The second-order valence-electron chi connectivity index (χ2n) is 8.65. The summed E-state index contributed by atoms with van der Waals surface area (Å²) in [6.07, 6.45) is 0.0527. The normalized spacial score (nSPS) is 17.5. The van der Waals surface area contributed by atoms with Crippen LogP contribution in [0, 0.1) is 0 Å². The zero-order valence-corrected chi connectivity index (χ0v) is 19.2. The van der Waals surface area contributed by atoms with E-state index in [2.05, 4.69) is 4.90 Å². The van der Waals surface area contributed by atoms with E-state index >= 15 is 0 Å². The third-order valence-electron chi connectivity index (χ3n) is 5.95. The van der Waals surface area contributed by atoms with Crippen LogP contribution in [0.25, 0.3) is 5.57 Å². The van der Waals surface area contributed by atoms with Crippen LogP contribution in [0.4, 0.5) is 0 Å². The summed E-state index contributed by atoms with van der Waals surface area (Å²) in [4.78, 5) is 32.6. The van der Waals surface area contributed by atoms with Crippen molar-refractivity contribution in [3.63, 3.8) is 0 Å². The van der Waals surface area contributed by atoms with Crippen molar-refractivity contribution < 1.29 is 19.4 Å². The smallest absolute Gasteiger partial charge is 0.278 e. The molecular weight excluding hydrogens is 418 g/mol. The molecular formula is C26H31N3O4. The molecule has 4 rings (SSSR count).